The van der Waals surface area contributed by atoms with E-state index < -0.39 is 5.82 Å². The van der Waals surface area contributed by atoms with Crippen molar-refractivity contribution in [2.24, 2.45) is 7.05 Å². The molecule has 0 spiro atoms. The van der Waals surface area contributed by atoms with Crippen molar-refractivity contribution in [2.45, 2.75) is 40.0 Å². The molecule has 2 amide bonds. The van der Waals surface area contributed by atoms with Gasteiger partial charge in [-0.1, -0.05) is 66.7 Å². The van der Waals surface area contributed by atoms with Crippen LogP contribution < -0.4 is 14.4 Å². The van der Waals surface area contributed by atoms with Crippen molar-refractivity contribution in [1.29, 1.82) is 0 Å². The van der Waals surface area contributed by atoms with E-state index >= 15 is 0 Å². The summed E-state index contributed by atoms with van der Waals surface area (Å²) in [7, 11) is 3.47. The highest BCUT2D eigenvalue weighted by molar-refractivity contribution is 6.08. The second kappa shape index (κ2) is 15.2. The summed E-state index contributed by atoms with van der Waals surface area (Å²) in [5.74, 6) is 0.545. The van der Waals surface area contributed by atoms with E-state index in [0.29, 0.717) is 59.2 Å². The number of anilines is 1. The van der Waals surface area contributed by atoms with Gasteiger partial charge in [0.15, 0.2) is 0 Å². The summed E-state index contributed by atoms with van der Waals surface area (Å²) >= 11 is 0. The number of fused-ring (bicyclic) bond motifs is 1. The third-order valence-electron chi connectivity index (χ3n) is 10.3. The highest BCUT2D eigenvalue weighted by Crippen LogP contribution is 2.34. The standard InChI is InChI=1S/C45H42FN3O4/c1-30-34(15-10-16-43(30)52-4)28-49(37-18-20-38(21-19-37)53-29-32-11-6-5-7-12-32)45(51)40-26-42(47(3)31(40)2)41-25-36(46)17-22-39(41)44(50)48-24-23-33-13-8-9-14-35(33)27-48/h5-22,25-26H,23-24,27-29H2,1-4H3. The summed E-state index contributed by atoms with van der Waals surface area (Å²) in [6, 6.07) is 37.4. The van der Waals surface area contributed by atoms with Crippen molar-refractivity contribution in [3.8, 4) is 22.8 Å². The van der Waals surface area contributed by atoms with Crippen molar-refractivity contribution < 1.29 is 23.5 Å². The number of hydrogen-bond acceptors (Lipinski definition) is 4. The van der Waals surface area contributed by atoms with Gasteiger partial charge in [0.1, 0.15) is 23.9 Å². The Balaban J connectivity index is 1.23. The van der Waals surface area contributed by atoms with Crippen LogP contribution in [0.2, 0.25) is 0 Å². The number of nitrogens with zero attached hydrogens (tertiary/aromatic N) is 3. The van der Waals surface area contributed by atoms with Crippen LogP contribution in [0.3, 0.4) is 0 Å². The van der Waals surface area contributed by atoms with Crippen LogP contribution in [-0.2, 0) is 33.2 Å². The van der Waals surface area contributed by atoms with Gasteiger partial charge >= 0.3 is 0 Å². The minimum atomic E-state index is -0.461. The first-order valence-electron chi connectivity index (χ1n) is 17.7. The Morgan fingerprint density at radius 3 is 2.30 bits per heavy atom. The molecule has 0 unspecified atom stereocenters. The number of aromatic nitrogens is 1. The van der Waals surface area contributed by atoms with Crippen LogP contribution in [0.4, 0.5) is 10.1 Å². The number of ether oxygens (including phenoxy) is 2. The van der Waals surface area contributed by atoms with Gasteiger partial charge in [0.05, 0.1) is 19.2 Å². The highest BCUT2D eigenvalue weighted by Gasteiger charge is 2.28. The molecule has 2 heterocycles. The molecule has 1 aromatic heterocycles. The zero-order chi connectivity index (χ0) is 37.1. The average Bonchev–Trinajstić information content (AvgIpc) is 3.49. The van der Waals surface area contributed by atoms with E-state index in [-0.39, 0.29) is 18.4 Å². The summed E-state index contributed by atoms with van der Waals surface area (Å²) in [6.07, 6.45) is 0.753. The molecule has 0 radical (unpaired) electrons. The molecule has 5 aromatic carbocycles. The molecule has 0 aliphatic carbocycles. The summed E-state index contributed by atoms with van der Waals surface area (Å²) < 4.78 is 28.5. The smallest absolute Gasteiger partial charge is 0.260 e. The third-order valence-corrected chi connectivity index (χ3v) is 10.3. The molecule has 1 aliphatic heterocycles. The summed E-state index contributed by atoms with van der Waals surface area (Å²) in [4.78, 5) is 32.4. The van der Waals surface area contributed by atoms with Crippen molar-refractivity contribution >= 4 is 17.5 Å². The van der Waals surface area contributed by atoms with E-state index in [1.165, 1.54) is 17.7 Å². The largest absolute Gasteiger partial charge is 0.496 e. The molecule has 0 saturated heterocycles. The van der Waals surface area contributed by atoms with Gasteiger partial charge in [-0.15, -0.1) is 0 Å². The molecule has 8 heteroatoms. The van der Waals surface area contributed by atoms with E-state index in [9.17, 15) is 14.0 Å². The summed E-state index contributed by atoms with van der Waals surface area (Å²) in [5, 5.41) is 0. The molecular weight excluding hydrogens is 666 g/mol. The molecule has 0 atom stereocenters. The van der Waals surface area contributed by atoms with E-state index in [1.54, 1.807) is 24.1 Å². The van der Waals surface area contributed by atoms with Gasteiger partial charge in [-0.05, 0) is 103 Å². The Morgan fingerprint density at radius 2 is 1.55 bits per heavy atom. The fraction of sp³-hybridized carbons (Fsp3) is 0.200. The lowest BCUT2D eigenvalue weighted by atomic mass is 9.97. The lowest BCUT2D eigenvalue weighted by molar-refractivity contribution is 0.0735. The van der Waals surface area contributed by atoms with Gasteiger partial charge in [0.2, 0.25) is 0 Å². The lowest BCUT2D eigenvalue weighted by Gasteiger charge is -2.29. The minimum Gasteiger partial charge on any atom is -0.496 e. The number of carbonyl (C=O) groups is 2. The number of hydrogen-bond donors (Lipinski definition) is 0. The highest BCUT2D eigenvalue weighted by atomic mass is 19.1. The van der Waals surface area contributed by atoms with E-state index in [2.05, 4.69) is 6.07 Å². The van der Waals surface area contributed by atoms with E-state index in [1.807, 2.05) is 121 Å². The summed E-state index contributed by atoms with van der Waals surface area (Å²) in [5.41, 5.74) is 8.49. The maximum atomic E-state index is 15.0. The molecule has 7 rings (SSSR count). The van der Waals surface area contributed by atoms with Gasteiger partial charge in [-0.3, -0.25) is 9.59 Å². The Bertz CT molecular complexity index is 2280. The second-order valence-electron chi connectivity index (χ2n) is 13.4. The molecule has 0 N–H and O–H groups in total. The number of rotatable bonds is 10. The molecule has 0 saturated carbocycles. The zero-order valence-corrected chi connectivity index (χ0v) is 30.4. The first-order chi connectivity index (χ1) is 25.7. The van der Waals surface area contributed by atoms with Crippen LogP contribution in [0.1, 0.15) is 54.2 Å². The predicted molar refractivity (Wildman–Crippen MR) is 206 cm³/mol. The van der Waals surface area contributed by atoms with Crippen LogP contribution >= 0.6 is 0 Å². The quantitative estimate of drug-likeness (QED) is 0.143. The van der Waals surface area contributed by atoms with Crippen LogP contribution in [0.15, 0.2) is 121 Å². The maximum Gasteiger partial charge on any atom is 0.260 e. The topological polar surface area (TPSA) is 64.0 Å². The number of benzene rings is 5. The normalized spacial score (nSPS) is 12.3. The van der Waals surface area contributed by atoms with Crippen LogP contribution in [-0.4, -0.2) is 34.9 Å². The molecule has 53 heavy (non-hydrogen) atoms. The van der Waals surface area contributed by atoms with Gasteiger partial charge in [-0.2, -0.15) is 0 Å². The van der Waals surface area contributed by atoms with Crippen molar-refractivity contribution in [3.63, 3.8) is 0 Å². The first-order valence-corrected chi connectivity index (χ1v) is 17.7. The fourth-order valence-corrected chi connectivity index (χ4v) is 7.04. The van der Waals surface area contributed by atoms with Crippen molar-refractivity contribution in [3.05, 3.63) is 172 Å². The third kappa shape index (κ3) is 7.31. The van der Waals surface area contributed by atoms with Crippen LogP contribution in [0.25, 0.3) is 11.3 Å². The lowest BCUT2D eigenvalue weighted by Crippen LogP contribution is -2.36. The van der Waals surface area contributed by atoms with Gasteiger partial charge in [-0.25, -0.2) is 4.39 Å². The predicted octanol–water partition coefficient (Wildman–Crippen LogP) is 9.08. The molecule has 0 bridgehead atoms. The van der Waals surface area contributed by atoms with Crippen LogP contribution in [0, 0.1) is 19.7 Å². The van der Waals surface area contributed by atoms with E-state index in [4.69, 9.17) is 9.47 Å². The fourth-order valence-electron chi connectivity index (χ4n) is 7.04. The molecule has 268 valence electrons. The maximum absolute atomic E-state index is 15.0. The van der Waals surface area contributed by atoms with Crippen LogP contribution in [0.5, 0.6) is 11.5 Å². The van der Waals surface area contributed by atoms with Gasteiger partial charge in [0.25, 0.3) is 11.8 Å². The SMILES string of the molecule is COc1cccc(CN(C(=O)c2cc(-c3cc(F)ccc3C(=O)N3CCc4ccccc4C3)n(C)c2C)c2ccc(OCc3ccccc3)cc2)c1C. The van der Waals surface area contributed by atoms with E-state index in [0.717, 1.165) is 34.4 Å². The molecule has 1 aliphatic rings. The monoisotopic (exact) mass is 707 g/mol. The van der Waals surface area contributed by atoms with Gasteiger partial charge < -0.3 is 23.8 Å². The molecule has 7 nitrogen and oxygen atoms in total. The van der Waals surface area contributed by atoms with Crippen molar-refractivity contribution in [1.82, 2.24) is 9.47 Å². The minimum absolute atomic E-state index is 0.175. The molecule has 6 aromatic rings. The Hall–Kier alpha value is -6.15. The zero-order valence-electron chi connectivity index (χ0n) is 30.4. The average molecular weight is 708 g/mol. The number of amides is 2. The second-order valence-corrected chi connectivity index (χ2v) is 13.4. The van der Waals surface area contributed by atoms with Crippen molar-refractivity contribution in [2.75, 3.05) is 18.6 Å². The Morgan fingerprint density at radius 1 is 0.811 bits per heavy atom. The molecule has 0 fully saturated rings. The first kappa shape index (κ1) is 35.3. The number of methoxy groups -OCH3 is 1. The summed E-state index contributed by atoms with van der Waals surface area (Å²) in [6.45, 7) is 5.60. The molecular formula is C45H42FN3O4. The Labute approximate surface area is 309 Å². The number of carbonyl (C=O) groups excluding carboxylic acids is 2. The number of halogens is 1. The Kier molecular flexibility index (Phi) is 10.1. The van der Waals surface area contributed by atoms with Gasteiger partial charge in [0, 0.05) is 48.3 Å².